The fourth-order valence-electron chi connectivity index (χ4n) is 2.49. The molecule has 0 atom stereocenters. The van der Waals surface area contributed by atoms with Crippen molar-refractivity contribution in [3.8, 4) is 6.07 Å². The Bertz CT molecular complexity index is 625. The van der Waals surface area contributed by atoms with E-state index in [1.54, 1.807) is 0 Å². The van der Waals surface area contributed by atoms with E-state index in [0.717, 1.165) is 0 Å². The number of hydrogen-bond donors (Lipinski definition) is 0. The Balaban J connectivity index is 3.03. The zero-order valence-corrected chi connectivity index (χ0v) is 16.6. The maximum Gasteiger partial charge on any atom is 0.411 e. The Morgan fingerprint density at radius 2 is 1.88 bits per heavy atom. The molecule has 0 saturated carbocycles. The van der Waals surface area contributed by atoms with Crippen molar-refractivity contribution in [2.75, 3.05) is 13.1 Å². The van der Waals surface area contributed by atoms with Crippen LogP contribution in [0.15, 0.2) is 41.6 Å². The summed E-state index contributed by atoms with van der Waals surface area (Å²) in [5.74, 6) is 0. The van der Waals surface area contributed by atoms with Gasteiger partial charge < -0.3 is 4.74 Å². The maximum atomic E-state index is 12.4. The summed E-state index contributed by atoms with van der Waals surface area (Å²) in [6, 6.07) is 12.4. The van der Waals surface area contributed by atoms with E-state index >= 15 is 0 Å². The van der Waals surface area contributed by atoms with Gasteiger partial charge in [-0.3, -0.25) is 4.90 Å². The minimum Gasteiger partial charge on any atom is -0.444 e. The molecule has 5 heteroatoms. The van der Waals surface area contributed by atoms with E-state index in [2.05, 4.69) is 37.4 Å². The van der Waals surface area contributed by atoms with Crippen molar-refractivity contribution in [2.24, 2.45) is 0 Å². The number of nitriles is 1. The van der Waals surface area contributed by atoms with Crippen molar-refractivity contribution in [1.82, 2.24) is 4.90 Å². The second-order valence-electron chi connectivity index (χ2n) is 7.30. The highest BCUT2D eigenvalue weighted by atomic mass is 28.3. The summed E-state index contributed by atoms with van der Waals surface area (Å²) in [4.78, 5) is 13.9. The normalized spacial score (nSPS) is 12.5. The number of allylic oxidation sites excluding steroid dienone is 1. The lowest BCUT2D eigenvalue weighted by Gasteiger charge is -2.32. The van der Waals surface area contributed by atoms with Crippen LogP contribution in [0, 0.1) is 11.3 Å². The Morgan fingerprint density at radius 1 is 1.29 bits per heavy atom. The van der Waals surface area contributed by atoms with Gasteiger partial charge in [-0.15, -0.1) is 0 Å². The molecule has 130 valence electrons. The van der Waals surface area contributed by atoms with Crippen molar-refractivity contribution < 1.29 is 9.53 Å². The lowest BCUT2D eigenvalue weighted by molar-refractivity contribution is 0.0293. The molecule has 0 aromatic heterocycles. The van der Waals surface area contributed by atoms with E-state index in [4.69, 9.17) is 10.00 Å². The second-order valence-corrected chi connectivity index (χ2v) is 11.8. The summed E-state index contributed by atoms with van der Waals surface area (Å²) in [5.41, 5.74) is -0.576. The number of hydrogen-bond acceptors (Lipinski definition) is 3. The van der Waals surface area contributed by atoms with Gasteiger partial charge in [0.15, 0.2) is 0 Å². The lowest BCUT2D eigenvalue weighted by Crippen LogP contribution is -2.48. The molecule has 24 heavy (non-hydrogen) atoms. The number of ether oxygens (including phenoxy) is 1. The molecule has 4 nitrogen and oxygen atoms in total. The maximum absolute atomic E-state index is 12.4. The zero-order valence-electron chi connectivity index (χ0n) is 15.6. The largest absolute Gasteiger partial charge is 0.444 e. The van der Waals surface area contributed by atoms with E-state index in [0.29, 0.717) is 6.54 Å². The SMILES string of the molecule is C/C=C(/CN(CC#N)C(=O)OC(C)(C)C)[Si](C)(C)c1ccccc1. The molecule has 1 aromatic carbocycles. The second kappa shape index (κ2) is 8.16. The van der Waals surface area contributed by atoms with Crippen LogP contribution in [0.1, 0.15) is 27.7 Å². The van der Waals surface area contributed by atoms with Crippen LogP contribution in [-0.4, -0.2) is 37.8 Å². The molecule has 0 aliphatic rings. The van der Waals surface area contributed by atoms with Crippen LogP contribution in [0.25, 0.3) is 0 Å². The van der Waals surface area contributed by atoms with Crippen molar-refractivity contribution >= 4 is 19.4 Å². The summed E-state index contributed by atoms with van der Waals surface area (Å²) in [6.07, 6.45) is 1.63. The molecule has 0 aliphatic carbocycles. The third kappa shape index (κ3) is 5.54. The number of benzene rings is 1. The first kappa shape index (κ1) is 20.0. The van der Waals surface area contributed by atoms with Gasteiger partial charge in [-0.1, -0.05) is 59.9 Å². The molecule has 0 radical (unpaired) electrons. The van der Waals surface area contributed by atoms with Crippen LogP contribution < -0.4 is 5.19 Å². The molecule has 0 unspecified atom stereocenters. The molecular weight excluding hydrogens is 316 g/mol. The number of nitrogens with zero attached hydrogens (tertiary/aromatic N) is 2. The lowest BCUT2D eigenvalue weighted by atomic mass is 10.2. The molecule has 0 aliphatic heterocycles. The smallest absolute Gasteiger partial charge is 0.411 e. The topological polar surface area (TPSA) is 53.3 Å². The fourth-order valence-corrected chi connectivity index (χ4v) is 5.20. The quantitative estimate of drug-likeness (QED) is 0.602. The van der Waals surface area contributed by atoms with Crippen LogP contribution in [0.4, 0.5) is 4.79 Å². The van der Waals surface area contributed by atoms with Crippen LogP contribution in [0.2, 0.25) is 13.1 Å². The van der Waals surface area contributed by atoms with Crippen molar-refractivity contribution in [2.45, 2.75) is 46.4 Å². The van der Waals surface area contributed by atoms with Gasteiger partial charge in [0.1, 0.15) is 20.2 Å². The highest BCUT2D eigenvalue weighted by Gasteiger charge is 2.31. The molecule has 0 spiro atoms. The monoisotopic (exact) mass is 344 g/mol. The molecule has 1 aromatic rings. The molecule has 0 N–H and O–H groups in total. The highest BCUT2D eigenvalue weighted by molar-refractivity contribution is 6.95. The predicted octanol–water partition coefficient (Wildman–Crippen LogP) is 3.85. The summed E-state index contributed by atoms with van der Waals surface area (Å²) in [7, 11) is -1.90. The summed E-state index contributed by atoms with van der Waals surface area (Å²) < 4.78 is 5.44. The van der Waals surface area contributed by atoms with Crippen LogP contribution in [0.3, 0.4) is 0 Å². The zero-order chi connectivity index (χ0) is 18.4. The van der Waals surface area contributed by atoms with E-state index in [1.165, 1.54) is 15.3 Å². The molecule has 1 rings (SSSR count). The number of amides is 1. The molecular formula is C19H28N2O2Si. The Labute approximate surface area is 146 Å². The fraction of sp³-hybridized carbons (Fsp3) is 0.474. The van der Waals surface area contributed by atoms with E-state index in [1.807, 2.05) is 45.9 Å². The van der Waals surface area contributed by atoms with Gasteiger partial charge in [0.25, 0.3) is 0 Å². The van der Waals surface area contributed by atoms with E-state index in [9.17, 15) is 4.79 Å². The third-order valence-electron chi connectivity index (χ3n) is 3.92. The number of carbonyl (C=O) groups excluding carboxylic acids is 1. The van der Waals surface area contributed by atoms with Gasteiger partial charge in [-0.25, -0.2) is 4.79 Å². The molecule has 1 amide bonds. The van der Waals surface area contributed by atoms with Crippen LogP contribution in [-0.2, 0) is 4.74 Å². The van der Waals surface area contributed by atoms with Gasteiger partial charge in [0, 0.05) is 6.54 Å². The van der Waals surface area contributed by atoms with Crippen LogP contribution >= 0.6 is 0 Å². The average Bonchev–Trinajstić information content (AvgIpc) is 2.50. The van der Waals surface area contributed by atoms with Gasteiger partial charge >= 0.3 is 6.09 Å². The first-order chi connectivity index (χ1) is 11.1. The Hall–Kier alpha value is -2.06. The van der Waals surface area contributed by atoms with Crippen molar-refractivity contribution in [3.05, 3.63) is 41.6 Å². The molecule has 0 bridgehead atoms. The minimum atomic E-state index is -1.90. The van der Waals surface area contributed by atoms with E-state index in [-0.39, 0.29) is 6.54 Å². The molecule has 0 saturated heterocycles. The Morgan fingerprint density at radius 3 is 2.33 bits per heavy atom. The summed E-state index contributed by atoms with van der Waals surface area (Å²) in [6.45, 7) is 12.4. The average molecular weight is 345 g/mol. The van der Waals surface area contributed by atoms with Gasteiger partial charge in [0.05, 0.1) is 6.07 Å². The number of rotatable bonds is 5. The van der Waals surface area contributed by atoms with E-state index < -0.39 is 19.8 Å². The minimum absolute atomic E-state index is 0.0194. The number of carbonyl (C=O) groups is 1. The highest BCUT2D eigenvalue weighted by Crippen LogP contribution is 2.18. The third-order valence-corrected chi connectivity index (χ3v) is 7.75. The summed E-state index contributed by atoms with van der Waals surface area (Å²) in [5, 5.41) is 11.6. The van der Waals surface area contributed by atoms with Crippen molar-refractivity contribution in [3.63, 3.8) is 0 Å². The van der Waals surface area contributed by atoms with Crippen molar-refractivity contribution in [1.29, 1.82) is 5.26 Å². The first-order valence-corrected chi connectivity index (χ1v) is 11.2. The predicted molar refractivity (Wildman–Crippen MR) is 101 cm³/mol. The standard InChI is InChI=1S/C19H28N2O2Si/c1-7-16(24(5,6)17-11-9-8-10-12-17)15-21(14-13-20)18(22)23-19(2,3)4/h7-12H,14-15H2,1-6H3/b16-7-. The molecule has 0 heterocycles. The van der Waals surface area contributed by atoms with Gasteiger partial charge in [-0.05, 0) is 27.7 Å². The summed E-state index contributed by atoms with van der Waals surface area (Å²) >= 11 is 0. The van der Waals surface area contributed by atoms with Gasteiger partial charge in [-0.2, -0.15) is 5.26 Å². The van der Waals surface area contributed by atoms with Crippen LogP contribution in [0.5, 0.6) is 0 Å². The van der Waals surface area contributed by atoms with Gasteiger partial charge in [0.2, 0.25) is 0 Å². The molecule has 0 fully saturated rings. The Kier molecular flexibility index (Phi) is 6.79. The first-order valence-electron chi connectivity index (χ1n) is 8.18.